The molecule has 2 aromatic carbocycles. The Bertz CT molecular complexity index is 911. The Kier molecular flexibility index (Phi) is 10.0. The third kappa shape index (κ3) is 7.70. The van der Waals surface area contributed by atoms with E-state index in [9.17, 15) is 9.59 Å². The first-order valence-corrected chi connectivity index (χ1v) is 11.2. The van der Waals surface area contributed by atoms with Gasteiger partial charge in [-0.25, -0.2) is 0 Å². The van der Waals surface area contributed by atoms with Gasteiger partial charge in [0.05, 0.1) is 21.3 Å². The van der Waals surface area contributed by atoms with Crippen LogP contribution in [0.4, 0.5) is 0 Å². The number of ether oxygens (including phenoxy) is 3. The van der Waals surface area contributed by atoms with E-state index in [-0.39, 0.29) is 18.2 Å². The fourth-order valence-electron chi connectivity index (χ4n) is 3.39. The standard InChI is InChI=1S/C26H36N2O5/c1-18(2)16-27-26(30)19(3)28(17-21-7-11-22(31-4)12-8-21)25(29)14-10-20-9-13-23(32-5)24(15-20)33-6/h7-9,11-13,15,18-19H,10,14,16-17H2,1-6H3,(H,27,30)/t19-/m0/s1. The van der Waals surface area contributed by atoms with Crippen LogP contribution in [0.2, 0.25) is 0 Å². The maximum Gasteiger partial charge on any atom is 0.242 e. The van der Waals surface area contributed by atoms with Crippen LogP contribution in [-0.2, 0) is 22.6 Å². The number of rotatable bonds is 12. The molecule has 0 saturated carbocycles. The van der Waals surface area contributed by atoms with Crippen LogP contribution in [-0.4, -0.2) is 50.6 Å². The zero-order valence-electron chi connectivity index (χ0n) is 20.5. The molecule has 0 fully saturated rings. The molecule has 33 heavy (non-hydrogen) atoms. The largest absolute Gasteiger partial charge is 0.497 e. The van der Waals surface area contributed by atoms with E-state index < -0.39 is 6.04 Å². The Labute approximate surface area is 197 Å². The van der Waals surface area contributed by atoms with Crippen LogP contribution in [0.15, 0.2) is 42.5 Å². The number of methoxy groups -OCH3 is 3. The van der Waals surface area contributed by atoms with Crippen LogP contribution in [0.1, 0.15) is 38.3 Å². The first kappa shape index (κ1) is 26.0. The lowest BCUT2D eigenvalue weighted by molar-refractivity contribution is -0.140. The van der Waals surface area contributed by atoms with Crippen molar-refractivity contribution in [1.29, 1.82) is 0 Å². The lowest BCUT2D eigenvalue weighted by atomic mass is 10.1. The Morgan fingerprint density at radius 2 is 1.52 bits per heavy atom. The van der Waals surface area contributed by atoms with Crippen molar-refractivity contribution in [1.82, 2.24) is 10.2 Å². The number of carbonyl (C=O) groups is 2. The Morgan fingerprint density at radius 3 is 2.09 bits per heavy atom. The van der Waals surface area contributed by atoms with Gasteiger partial charge in [-0.1, -0.05) is 32.0 Å². The molecule has 2 aromatic rings. The lowest BCUT2D eigenvalue weighted by Gasteiger charge is -2.29. The third-order valence-corrected chi connectivity index (χ3v) is 5.44. The van der Waals surface area contributed by atoms with Crippen molar-refractivity contribution < 1.29 is 23.8 Å². The number of nitrogens with zero attached hydrogens (tertiary/aromatic N) is 1. The van der Waals surface area contributed by atoms with Crippen molar-refractivity contribution in [2.75, 3.05) is 27.9 Å². The summed E-state index contributed by atoms with van der Waals surface area (Å²) in [4.78, 5) is 27.7. The second-order valence-corrected chi connectivity index (χ2v) is 8.37. The van der Waals surface area contributed by atoms with E-state index in [1.165, 1.54) is 0 Å². The van der Waals surface area contributed by atoms with Gasteiger partial charge in [0.25, 0.3) is 0 Å². The van der Waals surface area contributed by atoms with Crippen molar-refractivity contribution in [3.05, 3.63) is 53.6 Å². The number of nitrogens with one attached hydrogen (secondary N) is 1. The molecule has 0 radical (unpaired) electrons. The molecule has 0 unspecified atom stereocenters. The number of carbonyl (C=O) groups excluding carboxylic acids is 2. The van der Waals surface area contributed by atoms with Gasteiger partial charge in [-0.3, -0.25) is 9.59 Å². The number of amides is 2. The average Bonchev–Trinajstić information content (AvgIpc) is 2.83. The van der Waals surface area contributed by atoms with E-state index in [2.05, 4.69) is 5.32 Å². The summed E-state index contributed by atoms with van der Waals surface area (Å²) >= 11 is 0. The molecule has 7 nitrogen and oxygen atoms in total. The fraction of sp³-hybridized carbons (Fsp3) is 0.462. The summed E-state index contributed by atoms with van der Waals surface area (Å²) in [5.74, 6) is 2.09. The van der Waals surface area contributed by atoms with Crippen molar-refractivity contribution >= 4 is 11.8 Å². The number of hydrogen-bond donors (Lipinski definition) is 1. The third-order valence-electron chi connectivity index (χ3n) is 5.44. The van der Waals surface area contributed by atoms with Gasteiger partial charge in [-0.05, 0) is 54.7 Å². The summed E-state index contributed by atoms with van der Waals surface area (Å²) < 4.78 is 15.9. The second-order valence-electron chi connectivity index (χ2n) is 8.37. The second kappa shape index (κ2) is 12.7. The molecule has 0 aliphatic heterocycles. The maximum atomic E-state index is 13.3. The predicted octanol–water partition coefficient (Wildman–Crippen LogP) is 3.83. The zero-order chi connectivity index (χ0) is 24.4. The topological polar surface area (TPSA) is 77.1 Å². The lowest BCUT2D eigenvalue weighted by Crippen LogP contribution is -2.48. The van der Waals surface area contributed by atoms with E-state index in [0.717, 1.165) is 16.9 Å². The van der Waals surface area contributed by atoms with Gasteiger partial charge in [0.2, 0.25) is 11.8 Å². The molecule has 0 spiro atoms. The summed E-state index contributed by atoms with van der Waals surface area (Å²) in [6.07, 6.45) is 0.798. The van der Waals surface area contributed by atoms with Crippen LogP contribution in [0.3, 0.4) is 0 Å². The molecule has 0 heterocycles. The summed E-state index contributed by atoms with van der Waals surface area (Å²) in [6, 6.07) is 12.5. The molecule has 0 aliphatic rings. The maximum absolute atomic E-state index is 13.3. The molecule has 0 bridgehead atoms. The van der Waals surface area contributed by atoms with Crippen LogP contribution in [0.25, 0.3) is 0 Å². The molecular formula is C26H36N2O5. The summed E-state index contributed by atoms with van der Waals surface area (Å²) in [5.41, 5.74) is 1.89. The number of aryl methyl sites for hydroxylation is 1. The minimum Gasteiger partial charge on any atom is -0.497 e. The minimum atomic E-state index is -0.594. The highest BCUT2D eigenvalue weighted by molar-refractivity contribution is 5.87. The first-order valence-electron chi connectivity index (χ1n) is 11.2. The first-order chi connectivity index (χ1) is 15.8. The summed E-state index contributed by atoms with van der Waals surface area (Å²) in [5, 5.41) is 2.94. The number of hydrogen-bond acceptors (Lipinski definition) is 5. The fourth-order valence-corrected chi connectivity index (χ4v) is 3.39. The highest BCUT2D eigenvalue weighted by Crippen LogP contribution is 2.28. The summed E-state index contributed by atoms with van der Waals surface area (Å²) in [7, 11) is 4.78. The minimum absolute atomic E-state index is 0.0900. The van der Waals surface area contributed by atoms with Crippen molar-refractivity contribution in [2.24, 2.45) is 5.92 Å². The highest BCUT2D eigenvalue weighted by atomic mass is 16.5. The smallest absolute Gasteiger partial charge is 0.242 e. The average molecular weight is 457 g/mol. The van der Waals surface area contributed by atoms with Crippen LogP contribution < -0.4 is 19.5 Å². The summed E-state index contributed by atoms with van der Waals surface area (Å²) in [6.45, 7) is 6.75. The van der Waals surface area contributed by atoms with Gasteiger partial charge in [-0.15, -0.1) is 0 Å². The molecule has 180 valence electrons. The quantitative estimate of drug-likeness (QED) is 0.525. The SMILES string of the molecule is COc1ccc(CN(C(=O)CCc2ccc(OC)c(OC)c2)[C@@H](C)C(=O)NCC(C)C)cc1. The Balaban J connectivity index is 2.16. The normalized spacial score (nSPS) is 11.6. The van der Waals surface area contributed by atoms with Crippen molar-refractivity contribution in [3.63, 3.8) is 0 Å². The Morgan fingerprint density at radius 1 is 0.879 bits per heavy atom. The van der Waals surface area contributed by atoms with E-state index in [4.69, 9.17) is 14.2 Å². The molecule has 0 saturated heterocycles. The molecule has 7 heteroatoms. The van der Waals surface area contributed by atoms with Gasteiger partial charge in [-0.2, -0.15) is 0 Å². The highest BCUT2D eigenvalue weighted by Gasteiger charge is 2.26. The molecule has 0 aliphatic carbocycles. The Hall–Kier alpha value is -3.22. The van der Waals surface area contributed by atoms with Gasteiger partial charge in [0, 0.05) is 19.5 Å². The number of benzene rings is 2. The van der Waals surface area contributed by atoms with E-state index in [1.54, 1.807) is 33.2 Å². The van der Waals surface area contributed by atoms with Gasteiger partial charge < -0.3 is 24.4 Å². The van der Waals surface area contributed by atoms with E-state index >= 15 is 0 Å². The van der Waals surface area contributed by atoms with Crippen LogP contribution >= 0.6 is 0 Å². The van der Waals surface area contributed by atoms with Crippen molar-refractivity contribution in [2.45, 2.75) is 46.2 Å². The van der Waals surface area contributed by atoms with Crippen LogP contribution in [0, 0.1) is 5.92 Å². The van der Waals surface area contributed by atoms with E-state index in [1.807, 2.05) is 56.3 Å². The monoisotopic (exact) mass is 456 g/mol. The zero-order valence-corrected chi connectivity index (χ0v) is 20.5. The molecule has 0 aromatic heterocycles. The molecule has 1 N–H and O–H groups in total. The van der Waals surface area contributed by atoms with Gasteiger partial charge in [0.1, 0.15) is 11.8 Å². The molecular weight excluding hydrogens is 420 g/mol. The van der Waals surface area contributed by atoms with Gasteiger partial charge >= 0.3 is 0 Å². The molecule has 2 rings (SSSR count). The van der Waals surface area contributed by atoms with Gasteiger partial charge in [0.15, 0.2) is 11.5 Å². The predicted molar refractivity (Wildman–Crippen MR) is 129 cm³/mol. The van der Waals surface area contributed by atoms with Crippen LogP contribution in [0.5, 0.6) is 17.2 Å². The van der Waals surface area contributed by atoms with E-state index in [0.29, 0.717) is 36.9 Å². The molecule has 2 amide bonds. The molecule has 1 atom stereocenters. The van der Waals surface area contributed by atoms with Crippen molar-refractivity contribution in [3.8, 4) is 17.2 Å².